The molecule has 0 spiro atoms. The van der Waals surface area contributed by atoms with E-state index in [9.17, 15) is 31.9 Å². The van der Waals surface area contributed by atoms with Gasteiger partial charge in [0.05, 0.1) is 12.3 Å². The van der Waals surface area contributed by atoms with Crippen molar-refractivity contribution >= 4 is 23.7 Å². The Morgan fingerprint density at radius 1 is 1.29 bits per heavy atom. The molecule has 0 saturated carbocycles. The minimum absolute atomic E-state index is 0.152. The van der Waals surface area contributed by atoms with Crippen molar-refractivity contribution in [2.24, 2.45) is 0 Å². The van der Waals surface area contributed by atoms with Gasteiger partial charge in [-0.2, -0.15) is 13.2 Å². The Hall–Kier alpha value is -2.85. The van der Waals surface area contributed by atoms with Crippen LogP contribution in [0.5, 0.6) is 0 Å². The Kier molecular flexibility index (Phi) is 4.36. The third kappa shape index (κ3) is 2.84. The molecule has 0 bridgehead atoms. The van der Waals surface area contributed by atoms with Crippen LogP contribution >= 0.6 is 0 Å². The molecule has 2 rings (SSSR count). The molecule has 0 aliphatic carbocycles. The van der Waals surface area contributed by atoms with Gasteiger partial charge in [-0.1, -0.05) is 0 Å². The average molecular weight is 349 g/mol. The zero-order chi connectivity index (χ0) is 18.1. The number of anilines is 1. The van der Waals surface area contributed by atoms with Crippen molar-refractivity contribution in [3.05, 3.63) is 30.1 Å². The van der Waals surface area contributed by atoms with Crippen molar-refractivity contribution < 1.29 is 36.7 Å². The van der Waals surface area contributed by atoms with Crippen molar-refractivity contribution in [3.63, 3.8) is 0 Å². The summed E-state index contributed by atoms with van der Waals surface area (Å²) in [5.74, 6) is -2.50. The average Bonchev–Trinajstić information content (AvgIpc) is 2.72. The van der Waals surface area contributed by atoms with Gasteiger partial charge in [0.15, 0.2) is 0 Å². The number of urea groups is 1. The number of nitrogens with one attached hydrogen (secondary N) is 2. The summed E-state index contributed by atoms with van der Waals surface area (Å²) in [7, 11) is 0. The Balaban J connectivity index is 2.43. The van der Waals surface area contributed by atoms with Gasteiger partial charge < -0.3 is 4.74 Å². The van der Waals surface area contributed by atoms with Gasteiger partial charge in [0.25, 0.3) is 11.6 Å². The lowest BCUT2D eigenvalue weighted by Gasteiger charge is -2.29. The van der Waals surface area contributed by atoms with Gasteiger partial charge in [0.1, 0.15) is 5.82 Å². The fraction of sp³-hybridized carbons (Fsp3) is 0.308. The summed E-state index contributed by atoms with van der Waals surface area (Å²) in [6, 6.07) is 2.19. The van der Waals surface area contributed by atoms with E-state index in [0.717, 1.165) is 24.3 Å². The van der Waals surface area contributed by atoms with E-state index in [2.05, 4.69) is 4.74 Å². The van der Waals surface area contributed by atoms with Gasteiger partial charge in [0, 0.05) is 0 Å². The topological polar surface area (TPSA) is 87.7 Å². The SMILES string of the molecule is CCOC(=O)N[C@@]1(C(F)(F)F)NC(=O)N(c2ccc(F)cc2)C1=O. The summed E-state index contributed by atoms with van der Waals surface area (Å²) in [5.41, 5.74) is -3.97. The molecule has 1 fully saturated rings. The minimum atomic E-state index is -5.35. The Morgan fingerprint density at radius 3 is 2.38 bits per heavy atom. The van der Waals surface area contributed by atoms with Crippen LogP contribution in [0.1, 0.15) is 6.92 Å². The number of halogens is 4. The number of imide groups is 1. The molecule has 1 aliphatic heterocycles. The summed E-state index contributed by atoms with van der Waals surface area (Å²) in [5, 5.41) is 2.76. The summed E-state index contributed by atoms with van der Waals surface area (Å²) < 4.78 is 57.5. The van der Waals surface area contributed by atoms with Gasteiger partial charge in [-0.05, 0) is 31.2 Å². The smallest absolute Gasteiger partial charge is 0.440 e. The summed E-state index contributed by atoms with van der Waals surface area (Å²) in [4.78, 5) is 35.7. The van der Waals surface area contributed by atoms with Crippen LogP contribution in [-0.4, -0.2) is 36.5 Å². The highest BCUT2D eigenvalue weighted by Crippen LogP contribution is 2.35. The molecule has 1 saturated heterocycles. The number of amides is 4. The molecule has 24 heavy (non-hydrogen) atoms. The molecule has 0 unspecified atom stereocenters. The fourth-order valence-electron chi connectivity index (χ4n) is 2.02. The summed E-state index contributed by atoms with van der Waals surface area (Å²) >= 11 is 0. The van der Waals surface area contributed by atoms with Gasteiger partial charge in [-0.25, -0.2) is 18.9 Å². The molecule has 1 aromatic carbocycles. The summed E-state index contributed by atoms with van der Waals surface area (Å²) in [6.45, 7) is 1.10. The number of carbonyl (C=O) groups excluding carboxylic acids is 3. The third-order valence-corrected chi connectivity index (χ3v) is 3.10. The highest BCUT2D eigenvalue weighted by atomic mass is 19.4. The van der Waals surface area contributed by atoms with Crippen LogP contribution < -0.4 is 15.5 Å². The van der Waals surface area contributed by atoms with Crippen molar-refractivity contribution in [2.75, 3.05) is 11.5 Å². The van der Waals surface area contributed by atoms with Crippen LogP contribution in [-0.2, 0) is 9.53 Å². The number of nitrogens with zero attached hydrogens (tertiary/aromatic N) is 1. The van der Waals surface area contributed by atoms with E-state index >= 15 is 0 Å². The van der Waals surface area contributed by atoms with Crippen molar-refractivity contribution in [1.29, 1.82) is 0 Å². The van der Waals surface area contributed by atoms with Crippen molar-refractivity contribution in [2.45, 2.75) is 18.8 Å². The molecule has 11 heteroatoms. The van der Waals surface area contributed by atoms with E-state index in [0.29, 0.717) is 0 Å². The monoisotopic (exact) mass is 349 g/mol. The molecular formula is C13H11F4N3O4. The molecule has 4 amide bonds. The number of hydrogen-bond donors (Lipinski definition) is 2. The number of ether oxygens (including phenoxy) is 1. The predicted molar refractivity (Wildman–Crippen MR) is 71.4 cm³/mol. The zero-order valence-corrected chi connectivity index (χ0v) is 12.1. The third-order valence-electron chi connectivity index (χ3n) is 3.10. The first-order valence-electron chi connectivity index (χ1n) is 6.56. The molecule has 1 aromatic rings. The van der Waals surface area contributed by atoms with Gasteiger partial charge in [0.2, 0.25) is 0 Å². The quantitative estimate of drug-likeness (QED) is 0.644. The lowest BCUT2D eigenvalue weighted by atomic mass is 10.1. The first-order chi connectivity index (χ1) is 11.1. The van der Waals surface area contributed by atoms with Crippen LogP contribution in [0.2, 0.25) is 0 Å². The normalized spacial score (nSPS) is 20.8. The Bertz CT molecular complexity index is 677. The van der Waals surface area contributed by atoms with E-state index in [1.54, 1.807) is 0 Å². The highest BCUT2D eigenvalue weighted by molar-refractivity contribution is 6.24. The maximum atomic E-state index is 13.4. The lowest BCUT2D eigenvalue weighted by Crippen LogP contribution is -2.69. The zero-order valence-electron chi connectivity index (χ0n) is 12.1. The number of alkyl halides is 3. The fourth-order valence-corrected chi connectivity index (χ4v) is 2.02. The number of benzene rings is 1. The number of carbonyl (C=O) groups is 3. The predicted octanol–water partition coefficient (Wildman–Crippen LogP) is 1.89. The number of rotatable bonds is 3. The second-order valence-corrected chi connectivity index (χ2v) is 4.64. The number of hydrogen-bond acceptors (Lipinski definition) is 4. The molecular weight excluding hydrogens is 338 g/mol. The maximum absolute atomic E-state index is 13.4. The van der Waals surface area contributed by atoms with E-state index in [1.165, 1.54) is 17.6 Å². The highest BCUT2D eigenvalue weighted by Gasteiger charge is 2.69. The minimum Gasteiger partial charge on any atom is -0.450 e. The molecule has 0 aromatic heterocycles. The molecule has 2 N–H and O–H groups in total. The molecule has 1 aliphatic rings. The van der Waals surface area contributed by atoms with Crippen molar-refractivity contribution in [1.82, 2.24) is 10.6 Å². The van der Waals surface area contributed by atoms with Crippen molar-refractivity contribution in [3.8, 4) is 0 Å². The van der Waals surface area contributed by atoms with Gasteiger partial charge >= 0.3 is 18.3 Å². The van der Waals surface area contributed by atoms with Crippen LogP contribution in [0.25, 0.3) is 0 Å². The van der Waals surface area contributed by atoms with Gasteiger partial charge in [-0.3, -0.25) is 15.4 Å². The summed E-state index contributed by atoms with van der Waals surface area (Å²) in [6.07, 6.45) is -6.88. The lowest BCUT2D eigenvalue weighted by molar-refractivity contribution is -0.197. The standard InChI is InChI=1S/C13H11F4N3O4/c1-2-24-11(23)19-12(13(15,16)17)9(21)20(10(22)18-12)8-5-3-7(14)4-6-8/h3-6H,2H2,1H3,(H,18,22)(H,19,23)/t12-/m0/s1. The molecule has 0 radical (unpaired) electrons. The van der Waals surface area contributed by atoms with Crippen LogP contribution in [0.3, 0.4) is 0 Å². The number of alkyl carbamates (subject to hydrolysis) is 1. The van der Waals surface area contributed by atoms with Gasteiger partial charge in [-0.15, -0.1) is 0 Å². The molecule has 130 valence electrons. The second kappa shape index (κ2) is 5.98. The van der Waals surface area contributed by atoms with E-state index in [1.807, 2.05) is 0 Å². The van der Waals surface area contributed by atoms with Crippen LogP contribution in [0, 0.1) is 5.82 Å². The molecule has 1 heterocycles. The van der Waals surface area contributed by atoms with E-state index in [-0.39, 0.29) is 17.2 Å². The largest absolute Gasteiger partial charge is 0.450 e. The first kappa shape index (κ1) is 17.5. The second-order valence-electron chi connectivity index (χ2n) is 4.64. The Morgan fingerprint density at radius 2 is 1.88 bits per heavy atom. The molecule has 1 atom stereocenters. The van der Waals surface area contributed by atoms with E-state index in [4.69, 9.17) is 0 Å². The first-order valence-corrected chi connectivity index (χ1v) is 6.56. The Labute approximate surface area is 132 Å². The van der Waals surface area contributed by atoms with Crippen LogP contribution in [0.4, 0.5) is 32.8 Å². The van der Waals surface area contributed by atoms with Crippen LogP contribution in [0.15, 0.2) is 24.3 Å². The van der Waals surface area contributed by atoms with E-state index < -0.39 is 35.7 Å². The maximum Gasteiger partial charge on any atom is 0.440 e. The molecule has 7 nitrogen and oxygen atoms in total.